The quantitative estimate of drug-likeness (QED) is 0.585. The van der Waals surface area contributed by atoms with E-state index in [1.54, 1.807) is 0 Å². The van der Waals surface area contributed by atoms with E-state index < -0.39 is 0 Å². The van der Waals surface area contributed by atoms with Gasteiger partial charge in [-0.1, -0.05) is 82.3 Å². The predicted molar refractivity (Wildman–Crippen MR) is 80.0 cm³/mol. The van der Waals surface area contributed by atoms with Crippen molar-refractivity contribution in [1.29, 1.82) is 0 Å². The van der Waals surface area contributed by atoms with Crippen LogP contribution < -0.4 is 0 Å². The van der Waals surface area contributed by atoms with Crippen LogP contribution in [0, 0.1) is 0 Å². The number of hydrogen-bond acceptors (Lipinski definition) is 0. The zero-order chi connectivity index (χ0) is 13.1. The zero-order valence-corrected chi connectivity index (χ0v) is 11.4. The molecule has 0 aliphatic heterocycles. The minimum Gasteiger partial charge on any atom is -0.0988 e. The molecule has 0 aliphatic carbocycles. The Balaban J connectivity index is 0.000000557. The fourth-order valence-corrected chi connectivity index (χ4v) is 1.23. The summed E-state index contributed by atoms with van der Waals surface area (Å²) in [6, 6.07) is 10.2. The maximum absolute atomic E-state index is 3.80. The van der Waals surface area contributed by atoms with Gasteiger partial charge in [-0.2, -0.15) is 0 Å². The number of benzene rings is 1. The van der Waals surface area contributed by atoms with Gasteiger partial charge in [-0.25, -0.2) is 0 Å². The molecule has 0 heterocycles. The normalized spacial score (nSPS) is 10.8. The lowest BCUT2D eigenvalue weighted by atomic mass is 10.0. The van der Waals surface area contributed by atoms with Gasteiger partial charge >= 0.3 is 0 Å². The van der Waals surface area contributed by atoms with E-state index in [0.29, 0.717) is 0 Å². The highest BCUT2D eigenvalue weighted by molar-refractivity contribution is 5.77. The van der Waals surface area contributed by atoms with Crippen molar-refractivity contribution in [2.24, 2.45) is 0 Å². The maximum atomic E-state index is 3.80. The van der Waals surface area contributed by atoms with E-state index in [1.165, 1.54) is 18.4 Å². The second kappa shape index (κ2) is 9.65. The summed E-state index contributed by atoms with van der Waals surface area (Å²) in [5.41, 5.74) is 3.49. The lowest BCUT2D eigenvalue weighted by molar-refractivity contribution is 0.886. The first-order valence-electron chi connectivity index (χ1n) is 6.22. The molecular weight excluding hydrogens is 204 g/mol. The van der Waals surface area contributed by atoms with Crippen LogP contribution in [0.25, 0.3) is 5.57 Å². The van der Waals surface area contributed by atoms with Gasteiger partial charge in [0.2, 0.25) is 0 Å². The van der Waals surface area contributed by atoms with E-state index in [4.69, 9.17) is 0 Å². The van der Waals surface area contributed by atoms with Crippen LogP contribution in [0.5, 0.6) is 0 Å². The van der Waals surface area contributed by atoms with Crippen LogP contribution in [0.2, 0.25) is 0 Å². The molecule has 0 aromatic heterocycles. The van der Waals surface area contributed by atoms with Gasteiger partial charge in [0.25, 0.3) is 0 Å². The molecule has 17 heavy (non-hydrogen) atoms. The van der Waals surface area contributed by atoms with Gasteiger partial charge in [0.15, 0.2) is 0 Å². The fraction of sp³-hybridized carbons (Fsp3) is 0.294. The molecule has 0 saturated carbocycles. The summed E-state index contributed by atoms with van der Waals surface area (Å²) in [7, 11) is 0. The summed E-state index contributed by atoms with van der Waals surface area (Å²) >= 11 is 0. The topological polar surface area (TPSA) is 0 Å². The third kappa shape index (κ3) is 5.91. The van der Waals surface area contributed by atoms with Crippen LogP contribution in [0.4, 0.5) is 0 Å². The largest absolute Gasteiger partial charge is 0.0988 e. The Kier molecular flexibility index (Phi) is 8.77. The van der Waals surface area contributed by atoms with Gasteiger partial charge in [-0.15, -0.1) is 0 Å². The van der Waals surface area contributed by atoms with Crippen molar-refractivity contribution in [3.05, 3.63) is 66.8 Å². The zero-order valence-electron chi connectivity index (χ0n) is 11.4. The van der Waals surface area contributed by atoms with Gasteiger partial charge in [0, 0.05) is 0 Å². The highest BCUT2D eigenvalue weighted by atomic mass is 14.0. The molecule has 0 spiro atoms. The highest BCUT2D eigenvalue weighted by Crippen LogP contribution is 2.19. The Morgan fingerprint density at radius 3 is 1.88 bits per heavy atom. The Morgan fingerprint density at radius 2 is 1.53 bits per heavy atom. The van der Waals surface area contributed by atoms with Crippen molar-refractivity contribution in [3.63, 3.8) is 0 Å². The molecule has 0 aliphatic rings. The van der Waals surface area contributed by atoms with Crippen molar-refractivity contribution in [3.8, 4) is 0 Å². The standard InChI is InChI=1S/C13H14.C4H10/c1-4-11(3)13(5-2)12-9-7-6-8-10-12;1-3-4-2/h4-10H,1-2H2,3H3;3-4H2,1-2H3/b13-11+;. The molecule has 0 radical (unpaired) electrons. The smallest absolute Gasteiger partial charge is 0.0161 e. The van der Waals surface area contributed by atoms with Gasteiger partial charge < -0.3 is 0 Å². The number of hydrogen-bond donors (Lipinski definition) is 0. The van der Waals surface area contributed by atoms with Crippen LogP contribution in [0.3, 0.4) is 0 Å². The van der Waals surface area contributed by atoms with E-state index in [-0.39, 0.29) is 0 Å². The molecule has 1 rings (SSSR count). The molecular formula is C17H24. The molecule has 0 heteroatoms. The Hall–Kier alpha value is -1.56. The molecule has 92 valence electrons. The van der Waals surface area contributed by atoms with Gasteiger partial charge in [0.1, 0.15) is 0 Å². The minimum absolute atomic E-state index is 1.15. The van der Waals surface area contributed by atoms with E-state index in [9.17, 15) is 0 Å². The van der Waals surface area contributed by atoms with Crippen molar-refractivity contribution < 1.29 is 0 Å². The van der Waals surface area contributed by atoms with Crippen LogP contribution in [-0.4, -0.2) is 0 Å². The molecule has 0 nitrogen and oxygen atoms in total. The average molecular weight is 228 g/mol. The van der Waals surface area contributed by atoms with Crippen molar-refractivity contribution in [2.45, 2.75) is 33.6 Å². The van der Waals surface area contributed by atoms with Gasteiger partial charge in [0.05, 0.1) is 0 Å². The Bertz CT molecular complexity index is 353. The third-order valence-electron chi connectivity index (χ3n) is 2.52. The van der Waals surface area contributed by atoms with Crippen LogP contribution >= 0.6 is 0 Å². The summed E-state index contributed by atoms with van der Waals surface area (Å²) in [5.74, 6) is 0. The van der Waals surface area contributed by atoms with Gasteiger partial charge in [-0.05, 0) is 23.6 Å². The SMILES string of the molecule is C=C/C(C)=C(\C=C)c1ccccc1.CCCC. The molecule has 1 aromatic rings. The lowest BCUT2D eigenvalue weighted by Crippen LogP contribution is -1.82. The summed E-state index contributed by atoms with van der Waals surface area (Å²) in [6.07, 6.45) is 6.36. The van der Waals surface area contributed by atoms with Crippen molar-refractivity contribution in [1.82, 2.24) is 0 Å². The molecule has 0 atom stereocenters. The van der Waals surface area contributed by atoms with E-state index in [0.717, 1.165) is 11.1 Å². The molecule has 0 amide bonds. The Morgan fingerprint density at radius 1 is 1.00 bits per heavy atom. The number of allylic oxidation sites excluding steroid dienone is 4. The minimum atomic E-state index is 1.15. The summed E-state index contributed by atoms with van der Waals surface area (Å²) in [4.78, 5) is 0. The molecule has 0 saturated heterocycles. The second-order valence-corrected chi connectivity index (χ2v) is 3.87. The molecule has 0 bridgehead atoms. The second-order valence-electron chi connectivity index (χ2n) is 3.87. The third-order valence-corrected chi connectivity index (χ3v) is 2.52. The predicted octanol–water partition coefficient (Wildman–Crippen LogP) is 5.64. The van der Waals surface area contributed by atoms with Crippen LogP contribution in [-0.2, 0) is 0 Å². The fourth-order valence-electron chi connectivity index (χ4n) is 1.23. The first kappa shape index (κ1) is 15.4. The Labute approximate surface area is 106 Å². The summed E-state index contributed by atoms with van der Waals surface area (Å²) < 4.78 is 0. The van der Waals surface area contributed by atoms with Crippen molar-refractivity contribution >= 4 is 5.57 Å². The van der Waals surface area contributed by atoms with Gasteiger partial charge in [-0.3, -0.25) is 0 Å². The molecule has 0 N–H and O–H groups in total. The first-order chi connectivity index (χ1) is 8.21. The summed E-state index contributed by atoms with van der Waals surface area (Å²) in [5, 5.41) is 0. The average Bonchev–Trinajstić information content (AvgIpc) is 2.41. The lowest BCUT2D eigenvalue weighted by Gasteiger charge is -2.04. The maximum Gasteiger partial charge on any atom is -0.0161 e. The monoisotopic (exact) mass is 228 g/mol. The number of rotatable bonds is 4. The number of unbranched alkanes of at least 4 members (excludes halogenated alkanes) is 1. The highest BCUT2D eigenvalue weighted by Gasteiger charge is 1.97. The molecule has 0 fully saturated rings. The van der Waals surface area contributed by atoms with Crippen molar-refractivity contribution in [2.75, 3.05) is 0 Å². The van der Waals surface area contributed by atoms with Crippen LogP contribution in [0.15, 0.2) is 61.2 Å². The summed E-state index contributed by atoms with van der Waals surface area (Å²) in [6.45, 7) is 13.9. The van der Waals surface area contributed by atoms with Crippen LogP contribution in [0.1, 0.15) is 39.2 Å². The molecule has 0 unspecified atom stereocenters. The van der Waals surface area contributed by atoms with E-state index >= 15 is 0 Å². The first-order valence-corrected chi connectivity index (χ1v) is 6.22. The van der Waals surface area contributed by atoms with E-state index in [2.05, 4.69) is 39.1 Å². The van der Waals surface area contributed by atoms with E-state index in [1.807, 2.05) is 37.3 Å². The molecule has 1 aromatic carbocycles.